The van der Waals surface area contributed by atoms with Gasteiger partial charge < -0.3 is 10.1 Å². The molecule has 1 unspecified atom stereocenters. The van der Waals surface area contributed by atoms with Crippen LogP contribution in [-0.4, -0.2) is 49.0 Å². The first-order valence-corrected chi connectivity index (χ1v) is 14.6. The van der Waals surface area contributed by atoms with Crippen molar-refractivity contribution in [1.82, 2.24) is 19.2 Å². The molecule has 2 fully saturated rings. The summed E-state index contributed by atoms with van der Waals surface area (Å²) in [6, 6.07) is 6.18. The lowest BCUT2D eigenvalue weighted by Gasteiger charge is -2.34. The van der Waals surface area contributed by atoms with Gasteiger partial charge in [0.25, 0.3) is 5.56 Å². The van der Waals surface area contributed by atoms with Gasteiger partial charge in [-0.3, -0.25) is 14.1 Å². The molecule has 1 saturated carbocycles. The van der Waals surface area contributed by atoms with Crippen LogP contribution in [0.25, 0.3) is 10.9 Å². The minimum absolute atomic E-state index is 0.111. The molecule has 1 atom stereocenters. The molecule has 1 aromatic heterocycles. The fourth-order valence-electron chi connectivity index (χ4n) is 5.68. The summed E-state index contributed by atoms with van der Waals surface area (Å²) in [4.78, 5) is 17.8. The zero-order chi connectivity index (χ0) is 28.7. The van der Waals surface area contributed by atoms with Crippen molar-refractivity contribution in [3.05, 3.63) is 58.1 Å². The minimum Gasteiger partial charge on any atom is -0.450 e. The second-order valence-electron chi connectivity index (χ2n) is 10.4. The second-order valence-corrected chi connectivity index (χ2v) is 12.2. The lowest BCUT2D eigenvalue weighted by molar-refractivity contribution is 0.201. The van der Waals surface area contributed by atoms with Crippen LogP contribution >= 0.6 is 0 Å². The van der Waals surface area contributed by atoms with E-state index in [-0.39, 0.29) is 34.6 Å². The van der Waals surface area contributed by atoms with E-state index in [9.17, 15) is 22.9 Å². The normalized spacial score (nSPS) is 18.8. The Morgan fingerprint density at radius 1 is 1.25 bits per heavy atom. The van der Waals surface area contributed by atoms with Crippen LogP contribution in [0.4, 0.5) is 14.5 Å². The number of anilines is 1. The highest BCUT2D eigenvalue weighted by Gasteiger charge is 2.41. The maximum atomic E-state index is 15.8. The summed E-state index contributed by atoms with van der Waals surface area (Å²) < 4.78 is 65.9. The summed E-state index contributed by atoms with van der Waals surface area (Å²) in [5, 5.41) is 12.8. The van der Waals surface area contributed by atoms with Crippen molar-refractivity contribution < 1.29 is 21.9 Å². The number of nitriles is 1. The van der Waals surface area contributed by atoms with Crippen LogP contribution in [0.3, 0.4) is 0 Å². The lowest BCUT2D eigenvalue weighted by atomic mass is 9.77. The van der Waals surface area contributed by atoms with E-state index in [1.54, 1.807) is 13.0 Å². The number of fused-ring (bicyclic) bond motifs is 1. The third-order valence-electron chi connectivity index (χ3n) is 8.12. The molecule has 0 amide bonds. The van der Waals surface area contributed by atoms with E-state index >= 15 is 4.39 Å². The van der Waals surface area contributed by atoms with Gasteiger partial charge in [-0.15, -0.1) is 0 Å². The number of halogens is 2. The molecule has 40 heavy (non-hydrogen) atoms. The van der Waals surface area contributed by atoms with E-state index in [4.69, 9.17) is 4.74 Å². The number of rotatable bonds is 7. The van der Waals surface area contributed by atoms with E-state index in [2.05, 4.69) is 15.0 Å². The number of nitrogens with zero attached hydrogens (tertiary/aromatic N) is 4. The molecule has 2 N–H and O–H groups in total. The quantitative estimate of drug-likeness (QED) is 0.437. The number of benzene rings is 2. The molecular weight excluding hydrogens is 542 g/mol. The highest BCUT2D eigenvalue weighted by molar-refractivity contribution is 7.90. The molecule has 2 aliphatic rings. The third-order valence-corrected chi connectivity index (χ3v) is 9.67. The SMILES string of the molecule is CCN(C)S(=O)(=O)Nc1ccc(F)c(Oc2ccc3ncn(C4CCC5(CCNCC5)C4)c(=O)c3c2F)c1C#N. The van der Waals surface area contributed by atoms with Crippen molar-refractivity contribution >= 4 is 26.8 Å². The molecule has 13 heteroatoms. The van der Waals surface area contributed by atoms with Gasteiger partial charge in [-0.2, -0.15) is 18.0 Å². The van der Waals surface area contributed by atoms with Crippen LogP contribution in [0.1, 0.15) is 50.6 Å². The summed E-state index contributed by atoms with van der Waals surface area (Å²) in [5.41, 5.74) is -0.996. The summed E-state index contributed by atoms with van der Waals surface area (Å²) >= 11 is 0. The molecular formula is C27H30F2N6O4S. The fourth-order valence-corrected chi connectivity index (χ4v) is 6.62. The van der Waals surface area contributed by atoms with Crippen molar-refractivity contribution in [2.45, 2.75) is 45.1 Å². The van der Waals surface area contributed by atoms with Gasteiger partial charge in [0.2, 0.25) is 0 Å². The zero-order valence-corrected chi connectivity index (χ0v) is 23.0. The number of piperidine rings is 1. The molecule has 1 aliphatic carbocycles. The maximum absolute atomic E-state index is 15.8. The Balaban J connectivity index is 1.51. The van der Waals surface area contributed by atoms with Crippen LogP contribution in [0.15, 0.2) is 35.4 Å². The van der Waals surface area contributed by atoms with Crippen LogP contribution in [-0.2, 0) is 10.2 Å². The monoisotopic (exact) mass is 572 g/mol. The van der Waals surface area contributed by atoms with Gasteiger partial charge >= 0.3 is 10.2 Å². The Morgan fingerprint density at radius 3 is 2.70 bits per heavy atom. The second kappa shape index (κ2) is 10.8. The number of ether oxygens (including phenoxy) is 1. The standard InChI is InChI=1S/C27H30F2N6O4S/c1-3-34(2)40(37,38)33-20-5-4-19(28)25(18(20)15-30)39-22-7-6-21-23(24(22)29)26(36)35(16-32-21)17-8-9-27(14-17)10-12-31-13-11-27/h4-7,16-17,31,33H,3,8-14H2,1-2H3. The molecule has 5 rings (SSSR count). The van der Waals surface area contributed by atoms with Crippen molar-refractivity contribution in [2.24, 2.45) is 5.41 Å². The van der Waals surface area contributed by atoms with Crippen LogP contribution < -0.4 is 20.3 Å². The molecule has 0 bridgehead atoms. The Kier molecular flexibility index (Phi) is 7.52. The number of nitrogens with one attached hydrogen (secondary N) is 2. The number of aromatic nitrogens is 2. The van der Waals surface area contributed by atoms with Crippen molar-refractivity contribution in [3.63, 3.8) is 0 Å². The molecule has 2 heterocycles. The summed E-state index contributed by atoms with van der Waals surface area (Å²) in [7, 11) is -2.71. The Morgan fingerprint density at radius 2 is 2.00 bits per heavy atom. The fraction of sp³-hybridized carbons (Fsp3) is 0.444. The highest BCUT2D eigenvalue weighted by atomic mass is 32.2. The van der Waals surface area contributed by atoms with E-state index in [0.717, 1.165) is 61.6 Å². The first kappa shape index (κ1) is 27.9. The van der Waals surface area contributed by atoms with Gasteiger partial charge in [0.15, 0.2) is 23.1 Å². The van der Waals surface area contributed by atoms with Crippen LogP contribution in [0, 0.1) is 28.4 Å². The van der Waals surface area contributed by atoms with Crippen molar-refractivity contribution in [2.75, 3.05) is 31.4 Å². The lowest BCUT2D eigenvalue weighted by Crippen LogP contribution is -2.35. The predicted molar refractivity (Wildman–Crippen MR) is 145 cm³/mol. The molecule has 2 aromatic carbocycles. The predicted octanol–water partition coefficient (Wildman–Crippen LogP) is 4.04. The topological polar surface area (TPSA) is 129 Å². The molecule has 1 saturated heterocycles. The Labute approximate surface area is 230 Å². The summed E-state index contributed by atoms with van der Waals surface area (Å²) in [6.07, 6.45) is 6.10. The largest absolute Gasteiger partial charge is 0.450 e. The van der Waals surface area contributed by atoms with Crippen LogP contribution in [0.5, 0.6) is 11.5 Å². The number of hydrogen-bond acceptors (Lipinski definition) is 7. The van der Waals surface area contributed by atoms with Crippen molar-refractivity contribution in [1.29, 1.82) is 5.26 Å². The average molecular weight is 573 g/mol. The van der Waals surface area contributed by atoms with Gasteiger partial charge in [-0.05, 0) is 74.9 Å². The average Bonchev–Trinajstić information content (AvgIpc) is 3.34. The van der Waals surface area contributed by atoms with E-state index in [0.29, 0.717) is 0 Å². The Hall–Kier alpha value is -3.60. The third kappa shape index (κ3) is 5.02. The highest BCUT2D eigenvalue weighted by Crippen LogP contribution is 2.49. The van der Waals surface area contributed by atoms with Gasteiger partial charge in [-0.1, -0.05) is 6.92 Å². The van der Waals surface area contributed by atoms with E-state index in [1.807, 2.05) is 0 Å². The van der Waals surface area contributed by atoms with Gasteiger partial charge in [0, 0.05) is 19.6 Å². The van der Waals surface area contributed by atoms with E-state index < -0.39 is 44.5 Å². The molecule has 0 radical (unpaired) electrons. The first-order valence-electron chi connectivity index (χ1n) is 13.1. The molecule has 212 valence electrons. The summed E-state index contributed by atoms with van der Waals surface area (Å²) in [5.74, 6) is -3.22. The first-order chi connectivity index (χ1) is 19.1. The molecule has 10 nitrogen and oxygen atoms in total. The van der Waals surface area contributed by atoms with Crippen LogP contribution in [0.2, 0.25) is 0 Å². The smallest absolute Gasteiger partial charge is 0.301 e. The molecule has 1 spiro atoms. The Bertz CT molecular complexity index is 1660. The molecule has 3 aromatic rings. The maximum Gasteiger partial charge on any atom is 0.301 e. The van der Waals surface area contributed by atoms with Crippen molar-refractivity contribution in [3.8, 4) is 17.6 Å². The van der Waals surface area contributed by atoms with Gasteiger partial charge in [0.1, 0.15) is 17.0 Å². The number of hydrogen-bond donors (Lipinski definition) is 2. The van der Waals surface area contributed by atoms with Gasteiger partial charge in [0.05, 0.1) is 17.5 Å². The summed E-state index contributed by atoms with van der Waals surface area (Å²) in [6.45, 7) is 3.64. The minimum atomic E-state index is -4.04. The molecule has 1 aliphatic heterocycles. The van der Waals surface area contributed by atoms with E-state index in [1.165, 1.54) is 30.1 Å². The van der Waals surface area contributed by atoms with Gasteiger partial charge in [-0.25, -0.2) is 13.8 Å². The zero-order valence-electron chi connectivity index (χ0n) is 22.2.